The number of carboxylic acid groups (broad SMARTS) is 1. The lowest BCUT2D eigenvalue weighted by Crippen LogP contribution is -2.11. The summed E-state index contributed by atoms with van der Waals surface area (Å²) in [5.74, 6) is -1.91. The average molecular weight is 389 g/mol. The zero-order chi connectivity index (χ0) is 14.0. The summed E-state index contributed by atoms with van der Waals surface area (Å²) < 4.78 is 0.992. The Kier molecular flexibility index (Phi) is 4.05. The van der Waals surface area contributed by atoms with E-state index in [0.717, 1.165) is 2.88 Å². The van der Waals surface area contributed by atoms with Gasteiger partial charge in [-0.15, -0.1) is 11.3 Å². The number of benzene rings is 1. The van der Waals surface area contributed by atoms with Gasteiger partial charge in [0, 0.05) is 17.1 Å². The normalized spacial score (nSPS) is 10.2. The van der Waals surface area contributed by atoms with Gasteiger partial charge in [-0.05, 0) is 40.8 Å². The number of aromatic hydroxyl groups is 1. The molecule has 0 spiro atoms. The van der Waals surface area contributed by atoms with Gasteiger partial charge in [-0.25, -0.2) is 4.79 Å². The quantitative estimate of drug-likeness (QED) is 0.705. The van der Waals surface area contributed by atoms with Crippen LogP contribution < -0.4 is 5.32 Å². The molecule has 0 saturated heterocycles. The molecule has 5 nitrogen and oxygen atoms in total. The summed E-state index contributed by atoms with van der Waals surface area (Å²) >= 11 is 3.57. The molecule has 2 rings (SSSR count). The molecule has 0 radical (unpaired) electrons. The fraction of sp³-hybridized carbons (Fsp3) is 0. The molecule has 0 aliphatic heterocycles. The van der Waals surface area contributed by atoms with Crippen LogP contribution >= 0.6 is 33.9 Å². The van der Waals surface area contributed by atoms with Gasteiger partial charge in [0.25, 0.3) is 5.91 Å². The molecule has 7 heteroatoms. The van der Waals surface area contributed by atoms with Crippen LogP contribution in [0, 0.1) is 2.88 Å². The van der Waals surface area contributed by atoms with E-state index in [1.54, 1.807) is 11.4 Å². The number of anilines is 1. The van der Waals surface area contributed by atoms with Crippen LogP contribution in [0.15, 0.2) is 29.6 Å². The predicted molar refractivity (Wildman–Crippen MR) is 80.1 cm³/mol. The SMILES string of the molecule is O=C(Nc1ccc(C(=O)O)c(O)c1)c1csc(I)c1. The molecule has 19 heavy (non-hydrogen) atoms. The lowest BCUT2D eigenvalue weighted by atomic mass is 10.2. The minimum absolute atomic E-state index is 0.205. The Balaban J connectivity index is 2.18. The lowest BCUT2D eigenvalue weighted by molar-refractivity contribution is 0.0693. The summed E-state index contributed by atoms with van der Waals surface area (Å²) in [6, 6.07) is 5.62. The number of thiophene rings is 1. The molecule has 0 unspecified atom stereocenters. The topological polar surface area (TPSA) is 86.6 Å². The molecule has 3 N–H and O–H groups in total. The number of carboxylic acids is 1. The van der Waals surface area contributed by atoms with Gasteiger partial charge in [-0.1, -0.05) is 0 Å². The van der Waals surface area contributed by atoms with E-state index in [4.69, 9.17) is 5.11 Å². The van der Waals surface area contributed by atoms with Crippen molar-refractivity contribution < 1.29 is 19.8 Å². The molecule has 2 aromatic rings. The Morgan fingerprint density at radius 2 is 2.00 bits per heavy atom. The summed E-state index contributed by atoms with van der Waals surface area (Å²) in [6.07, 6.45) is 0. The van der Waals surface area contributed by atoms with E-state index in [1.165, 1.54) is 29.5 Å². The van der Waals surface area contributed by atoms with E-state index in [2.05, 4.69) is 27.9 Å². The standard InChI is InChI=1S/C12H8INO4S/c13-10-3-6(5-19-10)11(16)14-7-1-2-8(12(17)18)9(15)4-7/h1-5,15H,(H,14,16)(H,17,18). The van der Waals surface area contributed by atoms with Crippen LogP contribution in [0.5, 0.6) is 5.75 Å². The Morgan fingerprint density at radius 1 is 1.26 bits per heavy atom. The predicted octanol–water partition coefficient (Wildman–Crippen LogP) is 3.01. The number of carbonyl (C=O) groups excluding carboxylic acids is 1. The first kappa shape index (κ1) is 13.8. The van der Waals surface area contributed by atoms with Gasteiger partial charge in [0.05, 0.1) is 8.45 Å². The molecule has 0 atom stereocenters. The molecule has 98 valence electrons. The van der Waals surface area contributed by atoms with Crippen molar-refractivity contribution in [1.82, 2.24) is 0 Å². The Labute approximate surface area is 126 Å². The van der Waals surface area contributed by atoms with Gasteiger partial charge in [0.15, 0.2) is 0 Å². The van der Waals surface area contributed by atoms with Crippen molar-refractivity contribution in [3.63, 3.8) is 0 Å². The number of phenols is 1. The molecule has 1 amide bonds. The molecular formula is C12H8INO4S. The van der Waals surface area contributed by atoms with Gasteiger partial charge < -0.3 is 15.5 Å². The highest BCUT2D eigenvalue weighted by atomic mass is 127. The van der Waals surface area contributed by atoms with Gasteiger partial charge in [0.2, 0.25) is 0 Å². The van der Waals surface area contributed by atoms with Gasteiger partial charge in [-0.3, -0.25) is 4.79 Å². The minimum Gasteiger partial charge on any atom is -0.507 e. The van der Waals surface area contributed by atoms with Crippen molar-refractivity contribution >= 4 is 51.5 Å². The van der Waals surface area contributed by atoms with E-state index in [-0.39, 0.29) is 17.2 Å². The van der Waals surface area contributed by atoms with Crippen molar-refractivity contribution in [2.45, 2.75) is 0 Å². The maximum absolute atomic E-state index is 11.9. The lowest BCUT2D eigenvalue weighted by Gasteiger charge is -2.06. The average Bonchev–Trinajstić information content (AvgIpc) is 2.75. The number of hydrogen-bond acceptors (Lipinski definition) is 4. The van der Waals surface area contributed by atoms with Crippen molar-refractivity contribution in [2.75, 3.05) is 5.32 Å². The number of nitrogens with one attached hydrogen (secondary N) is 1. The summed E-state index contributed by atoms with van der Waals surface area (Å²) in [7, 11) is 0. The molecule has 1 aromatic carbocycles. The third kappa shape index (κ3) is 3.24. The first-order valence-electron chi connectivity index (χ1n) is 5.09. The maximum Gasteiger partial charge on any atom is 0.339 e. The van der Waals surface area contributed by atoms with Crippen LogP contribution in [0.3, 0.4) is 0 Å². The molecule has 0 saturated carbocycles. The Hall–Kier alpha value is -1.61. The second-order valence-electron chi connectivity index (χ2n) is 3.63. The fourth-order valence-corrected chi connectivity index (χ4v) is 2.75. The van der Waals surface area contributed by atoms with Crippen molar-refractivity contribution in [2.24, 2.45) is 0 Å². The van der Waals surface area contributed by atoms with E-state index in [1.807, 2.05) is 0 Å². The zero-order valence-electron chi connectivity index (χ0n) is 9.38. The smallest absolute Gasteiger partial charge is 0.339 e. The van der Waals surface area contributed by atoms with E-state index < -0.39 is 5.97 Å². The number of aromatic carboxylic acids is 1. The van der Waals surface area contributed by atoms with Crippen LogP contribution in [-0.2, 0) is 0 Å². The molecule has 1 aromatic heterocycles. The number of hydrogen-bond donors (Lipinski definition) is 3. The molecule has 0 bridgehead atoms. The maximum atomic E-state index is 11.9. The fourth-order valence-electron chi connectivity index (χ4n) is 1.42. The van der Waals surface area contributed by atoms with Crippen LogP contribution in [0.4, 0.5) is 5.69 Å². The zero-order valence-corrected chi connectivity index (χ0v) is 12.4. The third-order valence-corrected chi connectivity index (χ3v) is 4.10. The number of amides is 1. The van der Waals surface area contributed by atoms with Crippen molar-refractivity contribution in [3.8, 4) is 5.75 Å². The minimum atomic E-state index is -1.22. The Morgan fingerprint density at radius 3 is 2.53 bits per heavy atom. The summed E-state index contributed by atoms with van der Waals surface area (Å²) in [6.45, 7) is 0. The van der Waals surface area contributed by atoms with Crippen molar-refractivity contribution in [1.29, 1.82) is 0 Å². The Bertz CT molecular complexity index is 653. The number of rotatable bonds is 3. The number of carbonyl (C=O) groups is 2. The molecular weight excluding hydrogens is 381 g/mol. The van der Waals surface area contributed by atoms with Gasteiger partial charge >= 0.3 is 5.97 Å². The van der Waals surface area contributed by atoms with E-state index in [0.29, 0.717) is 11.3 Å². The highest BCUT2D eigenvalue weighted by Gasteiger charge is 2.12. The number of halogens is 1. The highest BCUT2D eigenvalue weighted by molar-refractivity contribution is 14.1. The van der Waals surface area contributed by atoms with E-state index >= 15 is 0 Å². The first-order chi connectivity index (χ1) is 8.97. The summed E-state index contributed by atoms with van der Waals surface area (Å²) in [5, 5.41) is 22.6. The van der Waals surface area contributed by atoms with Crippen LogP contribution in [-0.4, -0.2) is 22.1 Å². The molecule has 0 aliphatic carbocycles. The molecule has 0 fully saturated rings. The van der Waals surface area contributed by atoms with Crippen LogP contribution in [0.2, 0.25) is 0 Å². The van der Waals surface area contributed by atoms with Crippen LogP contribution in [0.1, 0.15) is 20.7 Å². The highest BCUT2D eigenvalue weighted by Crippen LogP contribution is 2.23. The summed E-state index contributed by atoms with van der Waals surface area (Å²) in [4.78, 5) is 22.6. The van der Waals surface area contributed by atoms with Crippen molar-refractivity contribution in [3.05, 3.63) is 43.7 Å². The second-order valence-corrected chi connectivity index (χ2v) is 6.44. The second kappa shape index (κ2) is 5.57. The third-order valence-electron chi connectivity index (χ3n) is 2.32. The largest absolute Gasteiger partial charge is 0.507 e. The molecule has 0 aliphatic rings. The summed E-state index contributed by atoms with van der Waals surface area (Å²) in [5.41, 5.74) is 0.660. The van der Waals surface area contributed by atoms with E-state index in [9.17, 15) is 14.7 Å². The molecule has 1 heterocycles. The van der Waals surface area contributed by atoms with Gasteiger partial charge in [0.1, 0.15) is 11.3 Å². The van der Waals surface area contributed by atoms with Crippen LogP contribution in [0.25, 0.3) is 0 Å². The monoisotopic (exact) mass is 389 g/mol. The van der Waals surface area contributed by atoms with Gasteiger partial charge in [-0.2, -0.15) is 0 Å². The first-order valence-corrected chi connectivity index (χ1v) is 7.05.